The van der Waals surface area contributed by atoms with Gasteiger partial charge in [0, 0.05) is 6.04 Å². The Balaban J connectivity index is 1.87. The first kappa shape index (κ1) is 14.7. The molecule has 0 radical (unpaired) electrons. The number of ether oxygens (including phenoxy) is 1. The van der Waals surface area contributed by atoms with Crippen molar-refractivity contribution < 1.29 is 4.74 Å². The second kappa shape index (κ2) is 7.16. The molecule has 106 valence electrons. The van der Waals surface area contributed by atoms with E-state index < -0.39 is 0 Å². The maximum Gasteiger partial charge on any atom is 0.137 e. The van der Waals surface area contributed by atoms with Crippen LogP contribution in [-0.2, 0) is 0 Å². The zero-order valence-corrected chi connectivity index (χ0v) is 12.7. The molecule has 0 saturated heterocycles. The van der Waals surface area contributed by atoms with Crippen molar-refractivity contribution in [3.8, 4) is 5.75 Å². The van der Waals surface area contributed by atoms with Crippen molar-refractivity contribution in [2.75, 3.05) is 13.2 Å². The second-order valence-electron chi connectivity index (χ2n) is 5.45. The Morgan fingerprint density at radius 1 is 1.42 bits per heavy atom. The van der Waals surface area contributed by atoms with Crippen LogP contribution in [0.5, 0.6) is 5.75 Å². The van der Waals surface area contributed by atoms with Gasteiger partial charge in [0.15, 0.2) is 0 Å². The van der Waals surface area contributed by atoms with Crippen LogP contribution in [0.25, 0.3) is 0 Å². The third-order valence-electron chi connectivity index (χ3n) is 3.64. The van der Waals surface area contributed by atoms with Gasteiger partial charge < -0.3 is 10.1 Å². The van der Waals surface area contributed by atoms with Gasteiger partial charge >= 0.3 is 0 Å². The summed E-state index contributed by atoms with van der Waals surface area (Å²) >= 11 is 6.29. The van der Waals surface area contributed by atoms with Crippen molar-refractivity contribution in [2.24, 2.45) is 5.92 Å². The fourth-order valence-electron chi connectivity index (χ4n) is 2.12. The Hall–Kier alpha value is -0.730. The summed E-state index contributed by atoms with van der Waals surface area (Å²) in [5.41, 5.74) is 1.22. The highest BCUT2D eigenvalue weighted by Gasteiger charge is 2.20. The zero-order chi connectivity index (χ0) is 13.7. The van der Waals surface area contributed by atoms with Crippen LogP contribution >= 0.6 is 11.6 Å². The fourth-order valence-corrected chi connectivity index (χ4v) is 2.37. The lowest BCUT2D eigenvalue weighted by Crippen LogP contribution is -2.19. The first-order chi connectivity index (χ1) is 9.20. The molecule has 1 N–H and O–H groups in total. The third-order valence-corrected chi connectivity index (χ3v) is 3.93. The minimum Gasteiger partial charge on any atom is -0.492 e. The van der Waals surface area contributed by atoms with E-state index in [-0.39, 0.29) is 0 Å². The van der Waals surface area contributed by atoms with Gasteiger partial charge in [-0.15, -0.1) is 0 Å². The van der Waals surface area contributed by atoms with E-state index >= 15 is 0 Å². The van der Waals surface area contributed by atoms with Gasteiger partial charge in [-0.2, -0.15) is 0 Å². The number of hydrogen-bond donors (Lipinski definition) is 1. The molecule has 0 spiro atoms. The highest BCUT2D eigenvalue weighted by Crippen LogP contribution is 2.33. The van der Waals surface area contributed by atoms with E-state index in [4.69, 9.17) is 16.3 Å². The van der Waals surface area contributed by atoms with E-state index in [1.54, 1.807) is 0 Å². The van der Waals surface area contributed by atoms with Crippen molar-refractivity contribution >= 4 is 11.6 Å². The van der Waals surface area contributed by atoms with Gasteiger partial charge in [-0.05, 0) is 49.9 Å². The Morgan fingerprint density at radius 3 is 2.84 bits per heavy atom. The Morgan fingerprint density at radius 2 is 2.21 bits per heavy atom. The summed E-state index contributed by atoms with van der Waals surface area (Å²) in [6.07, 6.45) is 5.04. The van der Waals surface area contributed by atoms with Crippen molar-refractivity contribution in [3.05, 3.63) is 28.8 Å². The number of rotatable bonds is 8. The largest absolute Gasteiger partial charge is 0.492 e. The normalized spacial score (nSPS) is 16.4. The molecule has 1 fully saturated rings. The summed E-state index contributed by atoms with van der Waals surface area (Å²) in [5, 5.41) is 4.18. The van der Waals surface area contributed by atoms with E-state index in [0.717, 1.165) is 42.7 Å². The van der Waals surface area contributed by atoms with Crippen LogP contribution in [0, 0.1) is 5.92 Å². The summed E-state index contributed by atoms with van der Waals surface area (Å²) in [6.45, 7) is 6.14. The lowest BCUT2D eigenvalue weighted by molar-refractivity contribution is 0.302. The molecule has 2 rings (SSSR count). The molecule has 1 saturated carbocycles. The van der Waals surface area contributed by atoms with E-state index in [1.165, 1.54) is 18.4 Å². The Labute approximate surface area is 121 Å². The summed E-state index contributed by atoms with van der Waals surface area (Å²) in [7, 11) is 0. The summed E-state index contributed by atoms with van der Waals surface area (Å²) in [5.74, 6) is 1.71. The lowest BCUT2D eigenvalue weighted by atomic mass is 10.1. The predicted molar refractivity (Wildman–Crippen MR) is 81.0 cm³/mol. The van der Waals surface area contributed by atoms with E-state index in [2.05, 4.69) is 25.2 Å². The van der Waals surface area contributed by atoms with Gasteiger partial charge in [0.25, 0.3) is 0 Å². The number of halogens is 1. The zero-order valence-electron chi connectivity index (χ0n) is 11.9. The molecular weight excluding hydrogens is 258 g/mol. The standard InChI is InChI=1S/C16H24ClNO/c1-3-9-18-12(2)14-6-7-16(15(17)11-14)19-10-8-13-4-5-13/h6-7,11-13,18H,3-5,8-10H2,1-2H3. The highest BCUT2D eigenvalue weighted by atomic mass is 35.5. The van der Waals surface area contributed by atoms with E-state index in [1.807, 2.05) is 12.1 Å². The molecule has 0 aromatic heterocycles. The quantitative estimate of drug-likeness (QED) is 0.753. The van der Waals surface area contributed by atoms with Gasteiger partial charge in [0.2, 0.25) is 0 Å². The topological polar surface area (TPSA) is 21.3 Å². The molecule has 1 aromatic carbocycles. The summed E-state index contributed by atoms with van der Waals surface area (Å²) in [4.78, 5) is 0. The van der Waals surface area contributed by atoms with Gasteiger partial charge in [0.1, 0.15) is 5.75 Å². The van der Waals surface area contributed by atoms with Crippen molar-refractivity contribution in [1.29, 1.82) is 0 Å². The maximum absolute atomic E-state index is 6.29. The molecule has 1 aliphatic carbocycles. The maximum atomic E-state index is 6.29. The van der Waals surface area contributed by atoms with Crippen LogP contribution in [0.1, 0.15) is 51.1 Å². The molecule has 0 aliphatic heterocycles. The van der Waals surface area contributed by atoms with Crippen LogP contribution in [0.2, 0.25) is 5.02 Å². The molecule has 0 heterocycles. The van der Waals surface area contributed by atoms with Gasteiger partial charge in [-0.25, -0.2) is 0 Å². The second-order valence-corrected chi connectivity index (χ2v) is 5.85. The van der Waals surface area contributed by atoms with Crippen LogP contribution in [0.3, 0.4) is 0 Å². The van der Waals surface area contributed by atoms with Gasteiger partial charge in [0.05, 0.1) is 11.6 Å². The molecule has 1 unspecified atom stereocenters. The Bertz CT molecular complexity index is 404. The van der Waals surface area contributed by atoms with Crippen molar-refractivity contribution in [1.82, 2.24) is 5.32 Å². The minimum absolute atomic E-state index is 0.331. The third kappa shape index (κ3) is 4.70. The molecule has 0 amide bonds. The van der Waals surface area contributed by atoms with Gasteiger partial charge in [-0.3, -0.25) is 0 Å². The lowest BCUT2D eigenvalue weighted by Gasteiger charge is -2.15. The van der Waals surface area contributed by atoms with Gasteiger partial charge in [-0.1, -0.05) is 37.4 Å². The molecule has 1 aromatic rings. The first-order valence-electron chi connectivity index (χ1n) is 7.36. The molecule has 0 bridgehead atoms. The molecule has 1 atom stereocenters. The monoisotopic (exact) mass is 281 g/mol. The smallest absolute Gasteiger partial charge is 0.137 e. The molecule has 3 heteroatoms. The number of hydrogen-bond acceptors (Lipinski definition) is 2. The molecule has 2 nitrogen and oxygen atoms in total. The SMILES string of the molecule is CCCNC(C)c1ccc(OCCC2CC2)c(Cl)c1. The molecule has 1 aliphatic rings. The number of nitrogens with one attached hydrogen (secondary N) is 1. The predicted octanol–water partition coefficient (Wildman–Crippen LogP) is 4.58. The van der Waals surface area contributed by atoms with Crippen LogP contribution in [0.4, 0.5) is 0 Å². The number of benzene rings is 1. The highest BCUT2D eigenvalue weighted by molar-refractivity contribution is 6.32. The first-order valence-corrected chi connectivity index (χ1v) is 7.74. The molecule has 19 heavy (non-hydrogen) atoms. The van der Waals surface area contributed by atoms with E-state index in [0.29, 0.717) is 6.04 Å². The van der Waals surface area contributed by atoms with Crippen LogP contribution in [0.15, 0.2) is 18.2 Å². The van der Waals surface area contributed by atoms with Crippen LogP contribution in [-0.4, -0.2) is 13.2 Å². The van der Waals surface area contributed by atoms with Crippen molar-refractivity contribution in [3.63, 3.8) is 0 Å². The average molecular weight is 282 g/mol. The van der Waals surface area contributed by atoms with Crippen molar-refractivity contribution in [2.45, 2.75) is 45.6 Å². The Kier molecular flexibility index (Phi) is 5.53. The summed E-state index contributed by atoms with van der Waals surface area (Å²) < 4.78 is 5.75. The van der Waals surface area contributed by atoms with Crippen LogP contribution < -0.4 is 10.1 Å². The van der Waals surface area contributed by atoms with E-state index in [9.17, 15) is 0 Å². The summed E-state index contributed by atoms with van der Waals surface area (Å²) in [6, 6.07) is 6.44. The fraction of sp³-hybridized carbons (Fsp3) is 0.625. The minimum atomic E-state index is 0.331. The molecular formula is C16H24ClNO. The average Bonchev–Trinajstić information content (AvgIpc) is 3.22.